The number of allylic oxidation sites excluding steroid dienone is 2. The number of nitrogens with one attached hydrogen (secondary N) is 2. The van der Waals surface area contributed by atoms with Crippen LogP contribution in [0.4, 0.5) is 0 Å². The summed E-state index contributed by atoms with van der Waals surface area (Å²) in [6.07, 6.45) is 13.3. The largest absolute Gasteiger partial charge is 0.391 e. The lowest BCUT2D eigenvalue weighted by Gasteiger charge is -2.02. The number of hydrogen-bond donors (Lipinski definition) is 2. The Morgan fingerprint density at radius 3 is 1.50 bits per heavy atom. The van der Waals surface area contributed by atoms with Crippen LogP contribution in [0.2, 0.25) is 0 Å². The van der Waals surface area contributed by atoms with E-state index in [1.807, 2.05) is 38.4 Å². The molecule has 14 heavy (non-hydrogen) atoms. The maximum absolute atomic E-state index is 3.24. The molecule has 0 aliphatic heterocycles. The average Bonchev–Trinajstić information content (AvgIpc) is 2.21. The fourth-order valence-corrected chi connectivity index (χ4v) is 1.21. The lowest BCUT2D eigenvalue weighted by molar-refractivity contribution is 0.613. The molecule has 0 unspecified atom stereocenters. The van der Waals surface area contributed by atoms with E-state index < -0.39 is 0 Å². The van der Waals surface area contributed by atoms with Crippen molar-refractivity contribution in [3.63, 3.8) is 0 Å². The van der Waals surface area contributed by atoms with Crippen molar-refractivity contribution in [2.75, 3.05) is 13.1 Å². The molecule has 0 saturated carbocycles. The lowest BCUT2D eigenvalue weighted by atomic mass is 10.2. The van der Waals surface area contributed by atoms with E-state index in [1.54, 1.807) is 0 Å². The molecule has 0 bridgehead atoms. The van der Waals surface area contributed by atoms with Crippen LogP contribution in [0, 0.1) is 0 Å². The van der Waals surface area contributed by atoms with Gasteiger partial charge in [0, 0.05) is 13.1 Å². The Morgan fingerprint density at radius 1 is 0.714 bits per heavy atom. The number of unbranched alkanes of at least 4 members (excludes halogenated alkanes) is 3. The van der Waals surface area contributed by atoms with Gasteiger partial charge < -0.3 is 10.6 Å². The highest BCUT2D eigenvalue weighted by Gasteiger charge is 1.87. The van der Waals surface area contributed by atoms with Crippen LogP contribution in [-0.4, -0.2) is 13.1 Å². The van der Waals surface area contributed by atoms with Crippen molar-refractivity contribution in [3.05, 3.63) is 24.6 Å². The van der Waals surface area contributed by atoms with Crippen molar-refractivity contribution in [1.82, 2.24) is 10.6 Å². The molecule has 2 N–H and O–H groups in total. The highest BCUT2D eigenvalue weighted by molar-refractivity contribution is 4.74. The first-order chi connectivity index (χ1) is 6.91. The van der Waals surface area contributed by atoms with E-state index in [2.05, 4.69) is 10.6 Å². The Balaban J connectivity index is 2.92. The zero-order valence-corrected chi connectivity index (χ0v) is 9.55. The van der Waals surface area contributed by atoms with E-state index in [-0.39, 0.29) is 0 Å². The summed E-state index contributed by atoms with van der Waals surface area (Å²) in [4.78, 5) is 0. The molecule has 2 nitrogen and oxygen atoms in total. The predicted octanol–water partition coefficient (Wildman–Crippen LogP) is 2.79. The van der Waals surface area contributed by atoms with Gasteiger partial charge in [0.2, 0.25) is 0 Å². The van der Waals surface area contributed by atoms with Crippen molar-refractivity contribution in [3.8, 4) is 0 Å². The molecule has 0 aromatic rings. The van der Waals surface area contributed by atoms with E-state index >= 15 is 0 Å². The number of rotatable bonds is 9. The summed E-state index contributed by atoms with van der Waals surface area (Å²) in [5.41, 5.74) is 0. The van der Waals surface area contributed by atoms with Crippen LogP contribution in [0.5, 0.6) is 0 Å². The summed E-state index contributed by atoms with van der Waals surface area (Å²) in [5, 5.41) is 6.48. The predicted molar refractivity (Wildman–Crippen MR) is 64.1 cm³/mol. The SMILES string of the molecule is C/C=C/NCCCCCCN/C=C/C. The first-order valence-electron chi connectivity index (χ1n) is 5.61. The molecule has 0 atom stereocenters. The van der Waals surface area contributed by atoms with E-state index in [4.69, 9.17) is 0 Å². The Hall–Kier alpha value is -0.920. The van der Waals surface area contributed by atoms with E-state index in [1.165, 1.54) is 25.7 Å². The third-order valence-corrected chi connectivity index (χ3v) is 1.96. The normalized spacial score (nSPS) is 11.3. The molecular weight excluding hydrogens is 172 g/mol. The van der Waals surface area contributed by atoms with Gasteiger partial charge in [0.25, 0.3) is 0 Å². The van der Waals surface area contributed by atoms with Gasteiger partial charge in [0.15, 0.2) is 0 Å². The van der Waals surface area contributed by atoms with Crippen LogP contribution < -0.4 is 10.6 Å². The molecular formula is C12H24N2. The van der Waals surface area contributed by atoms with Gasteiger partial charge in [-0.1, -0.05) is 25.0 Å². The quantitative estimate of drug-likeness (QED) is 0.554. The van der Waals surface area contributed by atoms with Gasteiger partial charge in [0.05, 0.1) is 0 Å². The van der Waals surface area contributed by atoms with Crippen molar-refractivity contribution in [2.24, 2.45) is 0 Å². The molecule has 0 saturated heterocycles. The van der Waals surface area contributed by atoms with Gasteiger partial charge in [-0.15, -0.1) is 0 Å². The first-order valence-corrected chi connectivity index (χ1v) is 5.61. The second-order valence-corrected chi connectivity index (χ2v) is 3.32. The summed E-state index contributed by atoms with van der Waals surface area (Å²) < 4.78 is 0. The molecule has 0 aliphatic carbocycles. The minimum Gasteiger partial charge on any atom is -0.391 e. The molecule has 0 aliphatic rings. The molecule has 0 rings (SSSR count). The molecule has 82 valence electrons. The minimum atomic E-state index is 1.10. The zero-order valence-electron chi connectivity index (χ0n) is 9.55. The molecule has 0 aromatic heterocycles. The molecule has 0 fully saturated rings. The van der Waals surface area contributed by atoms with Crippen LogP contribution in [-0.2, 0) is 0 Å². The lowest BCUT2D eigenvalue weighted by Crippen LogP contribution is -2.08. The van der Waals surface area contributed by atoms with Gasteiger partial charge in [-0.3, -0.25) is 0 Å². The van der Waals surface area contributed by atoms with Crippen molar-refractivity contribution < 1.29 is 0 Å². The summed E-state index contributed by atoms with van der Waals surface area (Å²) in [5.74, 6) is 0. The third-order valence-electron chi connectivity index (χ3n) is 1.96. The van der Waals surface area contributed by atoms with Gasteiger partial charge >= 0.3 is 0 Å². The summed E-state index contributed by atoms with van der Waals surface area (Å²) in [6.45, 7) is 6.26. The van der Waals surface area contributed by atoms with Crippen LogP contribution in [0.1, 0.15) is 39.5 Å². The van der Waals surface area contributed by atoms with Gasteiger partial charge in [-0.2, -0.15) is 0 Å². The Labute approximate surface area is 88.5 Å². The Morgan fingerprint density at radius 2 is 1.14 bits per heavy atom. The van der Waals surface area contributed by atoms with Gasteiger partial charge in [-0.05, 0) is 39.1 Å². The van der Waals surface area contributed by atoms with Gasteiger partial charge in [-0.25, -0.2) is 0 Å². The topological polar surface area (TPSA) is 24.1 Å². The molecule has 2 heteroatoms. The molecule has 0 spiro atoms. The molecule has 0 aromatic carbocycles. The maximum atomic E-state index is 3.24. The van der Waals surface area contributed by atoms with E-state index in [0.717, 1.165) is 13.1 Å². The monoisotopic (exact) mass is 196 g/mol. The van der Waals surface area contributed by atoms with Gasteiger partial charge in [0.1, 0.15) is 0 Å². The van der Waals surface area contributed by atoms with E-state index in [9.17, 15) is 0 Å². The number of hydrogen-bond acceptors (Lipinski definition) is 2. The van der Waals surface area contributed by atoms with Crippen LogP contribution in [0.3, 0.4) is 0 Å². The fourth-order valence-electron chi connectivity index (χ4n) is 1.21. The maximum Gasteiger partial charge on any atom is 0.0141 e. The highest BCUT2D eigenvalue weighted by atomic mass is 14.8. The van der Waals surface area contributed by atoms with Crippen LogP contribution in [0.15, 0.2) is 24.6 Å². The summed E-state index contributed by atoms with van der Waals surface area (Å²) >= 11 is 0. The zero-order chi connectivity index (χ0) is 10.5. The van der Waals surface area contributed by atoms with Crippen molar-refractivity contribution in [2.45, 2.75) is 39.5 Å². The van der Waals surface area contributed by atoms with E-state index in [0.29, 0.717) is 0 Å². The average molecular weight is 196 g/mol. The molecule has 0 radical (unpaired) electrons. The van der Waals surface area contributed by atoms with Crippen LogP contribution >= 0.6 is 0 Å². The highest BCUT2D eigenvalue weighted by Crippen LogP contribution is 1.97. The molecule has 0 amide bonds. The van der Waals surface area contributed by atoms with Crippen molar-refractivity contribution >= 4 is 0 Å². The fraction of sp³-hybridized carbons (Fsp3) is 0.667. The van der Waals surface area contributed by atoms with Crippen LogP contribution in [0.25, 0.3) is 0 Å². The summed E-state index contributed by atoms with van der Waals surface area (Å²) in [6, 6.07) is 0. The third kappa shape index (κ3) is 11.1. The Kier molecular flexibility index (Phi) is 11.3. The standard InChI is InChI=1S/C12H24N2/c1-3-9-13-11-7-5-6-8-12-14-10-4-2/h3-4,9-10,13-14H,5-8,11-12H2,1-2H3/b9-3+,10-4+. The second kappa shape index (κ2) is 12.1. The minimum absolute atomic E-state index is 1.10. The first kappa shape index (κ1) is 13.1. The Bertz CT molecular complexity index is 132. The molecule has 0 heterocycles. The smallest absolute Gasteiger partial charge is 0.0141 e. The van der Waals surface area contributed by atoms with Crippen molar-refractivity contribution in [1.29, 1.82) is 0 Å². The second-order valence-electron chi connectivity index (χ2n) is 3.32. The summed E-state index contributed by atoms with van der Waals surface area (Å²) in [7, 11) is 0.